The molecule has 12 heteroatoms. The van der Waals surface area contributed by atoms with E-state index < -0.39 is 21.8 Å². The Morgan fingerprint density at radius 3 is 2.05 bits per heavy atom. The van der Waals surface area contributed by atoms with Crippen molar-refractivity contribution in [3.8, 4) is 0 Å². The number of halogens is 4. The molecule has 13 unspecified atom stereocenters. The Morgan fingerprint density at radius 1 is 0.907 bits per heavy atom. The molecule has 0 bridgehead atoms. The molecule has 0 aromatic carbocycles. The molecule has 0 aromatic rings. The van der Waals surface area contributed by atoms with Crippen LogP contribution in [0.3, 0.4) is 0 Å². The molecule has 3 saturated carbocycles. The number of hydrogen-bond acceptors (Lipinski definition) is 6. The van der Waals surface area contributed by atoms with Crippen LogP contribution in [-0.2, 0) is 10.0 Å². The normalized spacial score (nSPS) is 44.2. The number of nitrogens with two attached hydrogens (primary N) is 1. The lowest BCUT2D eigenvalue weighted by molar-refractivity contribution is -0.0511. The van der Waals surface area contributed by atoms with Crippen LogP contribution < -0.4 is 11.2 Å². The third-order valence-corrected chi connectivity index (χ3v) is 14.8. The highest BCUT2D eigenvalue weighted by Crippen LogP contribution is 2.56. The first-order valence-electron chi connectivity index (χ1n) is 16.7. The van der Waals surface area contributed by atoms with Crippen molar-refractivity contribution < 1.29 is 26.7 Å². The van der Waals surface area contributed by atoms with Gasteiger partial charge in [0.25, 0.3) is 0 Å². The minimum absolute atomic E-state index is 0.0817. The van der Waals surface area contributed by atoms with Gasteiger partial charge in [0, 0.05) is 37.6 Å². The third kappa shape index (κ3) is 6.66. The number of aliphatic hydroxyl groups is 1. The second-order valence-electron chi connectivity index (χ2n) is 15.0. The fourth-order valence-electron chi connectivity index (χ4n) is 10.8. The van der Waals surface area contributed by atoms with Crippen molar-refractivity contribution in [1.29, 1.82) is 0 Å². The highest BCUT2D eigenvalue weighted by Gasteiger charge is 2.56. The van der Waals surface area contributed by atoms with Crippen molar-refractivity contribution in [2.45, 2.75) is 114 Å². The van der Waals surface area contributed by atoms with Crippen LogP contribution in [0.5, 0.6) is 0 Å². The van der Waals surface area contributed by atoms with Crippen molar-refractivity contribution >= 4 is 21.6 Å². The summed E-state index contributed by atoms with van der Waals surface area (Å²) in [5.74, 6) is 4.38. The predicted octanol–water partition coefficient (Wildman–Crippen LogP) is 5.39. The molecular formula is C31H54ClF3N4O3S. The van der Waals surface area contributed by atoms with Crippen LogP contribution in [0.25, 0.3) is 0 Å². The van der Waals surface area contributed by atoms with E-state index >= 15 is 0 Å². The van der Waals surface area contributed by atoms with E-state index in [2.05, 4.69) is 38.3 Å². The molecule has 43 heavy (non-hydrogen) atoms. The number of hydrogen-bond donors (Lipinski definition) is 3. The lowest BCUT2D eigenvalue weighted by atomic mass is 9.52. The van der Waals surface area contributed by atoms with Crippen LogP contribution >= 0.6 is 11.6 Å². The van der Waals surface area contributed by atoms with Crippen LogP contribution in [0, 0.1) is 59.2 Å². The maximum Gasteiger partial charge on any atom is 0.511 e. The summed E-state index contributed by atoms with van der Waals surface area (Å²) in [5.41, 5.74) is 4.41. The summed E-state index contributed by atoms with van der Waals surface area (Å²) >= 11 is 6.66. The van der Waals surface area contributed by atoms with Gasteiger partial charge in [-0.3, -0.25) is 5.43 Å². The van der Waals surface area contributed by atoms with Gasteiger partial charge in [-0.2, -0.15) is 17.5 Å². The molecule has 0 radical (unpaired) electrons. The summed E-state index contributed by atoms with van der Waals surface area (Å²) < 4.78 is 64.5. The Balaban J connectivity index is 1.37. The second kappa shape index (κ2) is 13.1. The number of fused-ring (bicyclic) bond motifs is 1. The van der Waals surface area contributed by atoms with Gasteiger partial charge < -0.3 is 10.8 Å². The fraction of sp³-hybridized carbons (Fsp3) is 1.00. The van der Waals surface area contributed by atoms with E-state index in [4.69, 9.17) is 17.3 Å². The number of hydrazine groups is 1. The second-order valence-corrected chi connectivity index (χ2v) is 17.6. The third-order valence-electron chi connectivity index (χ3n) is 12.8. The average Bonchev–Trinajstić information content (AvgIpc) is 3.27. The lowest BCUT2D eigenvalue weighted by Gasteiger charge is -2.53. The number of aliphatic hydroxyl groups excluding tert-OH is 1. The number of piperidine rings is 1. The summed E-state index contributed by atoms with van der Waals surface area (Å²) in [6.45, 7) is 7.00. The molecule has 250 valence electrons. The standard InChI is InChI=1S/C31H54ClF3N4O3S/c1-17-15-21(30(36)40)5-7-23(17)28(24-8-6-22(32)16-18(24)2)25-9-10-26-27(19(25)3)29(38(4)37-26)20-11-13-39(14-12-20)43(41,42)31(33,34)35/h17-30,37,40H,5-16,36H2,1-4H3. The van der Waals surface area contributed by atoms with Gasteiger partial charge in [-0.1, -0.05) is 20.8 Å². The van der Waals surface area contributed by atoms with E-state index in [0.29, 0.717) is 70.5 Å². The maximum absolute atomic E-state index is 13.2. The molecule has 2 heterocycles. The van der Waals surface area contributed by atoms with E-state index in [-0.39, 0.29) is 36.3 Å². The van der Waals surface area contributed by atoms with Gasteiger partial charge in [-0.15, -0.1) is 11.6 Å². The van der Waals surface area contributed by atoms with Gasteiger partial charge in [-0.25, -0.2) is 13.4 Å². The van der Waals surface area contributed by atoms with E-state index in [0.717, 1.165) is 51.4 Å². The lowest BCUT2D eigenvalue weighted by Crippen LogP contribution is -2.52. The van der Waals surface area contributed by atoms with E-state index in [1.54, 1.807) is 0 Å². The quantitative estimate of drug-likeness (QED) is 0.263. The first kappa shape index (κ1) is 34.2. The molecule has 5 rings (SSSR count). The average molecular weight is 655 g/mol. The van der Waals surface area contributed by atoms with Crippen molar-refractivity contribution in [2.75, 3.05) is 20.1 Å². The zero-order valence-corrected chi connectivity index (χ0v) is 27.8. The first-order chi connectivity index (χ1) is 20.1. The highest BCUT2D eigenvalue weighted by atomic mass is 35.5. The van der Waals surface area contributed by atoms with Crippen molar-refractivity contribution in [3.63, 3.8) is 0 Å². The maximum atomic E-state index is 13.2. The SMILES string of the molecule is CC1CC(Cl)CCC1C(C1CCC(C(N)O)CC1C)C1CCC2NN(C)C(C3CCN(S(=O)(=O)C(F)(F)F)CC3)C2C1C. The first-order valence-corrected chi connectivity index (χ1v) is 18.6. The molecule has 5 aliphatic rings. The number of rotatable bonds is 6. The van der Waals surface area contributed by atoms with Crippen LogP contribution in [0.1, 0.15) is 85.0 Å². The number of alkyl halides is 4. The molecule has 0 spiro atoms. The zero-order chi connectivity index (χ0) is 31.4. The summed E-state index contributed by atoms with van der Waals surface area (Å²) in [6.07, 6.45) is 8.60. The molecule has 2 aliphatic heterocycles. The number of nitrogens with one attached hydrogen (secondary N) is 1. The minimum atomic E-state index is -5.29. The minimum Gasteiger partial charge on any atom is -0.379 e. The summed E-state index contributed by atoms with van der Waals surface area (Å²) in [7, 11) is -3.23. The van der Waals surface area contributed by atoms with E-state index in [1.165, 1.54) is 0 Å². The Bertz CT molecular complexity index is 1060. The van der Waals surface area contributed by atoms with Gasteiger partial charge in [0.1, 0.15) is 6.23 Å². The number of nitrogens with zero attached hydrogens (tertiary/aromatic N) is 2. The molecule has 7 nitrogen and oxygen atoms in total. The smallest absolute Gasteiger partial charge is 0.379 e. The summed E-state index contributed by atoms with van der Waals surface area (Å²) in [4.78, 5) is 0. The monoisotopic (exact) mass is 654 g/mol. The van der Waals surface area contributed by atoms with Crippen LogP contribution in [0.4, 0.5) is 13.2 Å². The Kier molecular flexibility index (Phi) is 10.4. The van der Waals surface area contributed by atoms with Gasteiger partial charge in [-0.05, 0) is 123 Å². The molecule has 2 saturated heterocycles. The molecule has 0 amide bonds. The Labute approximate surface area is 261 Å². The molecule has 3 aliphatic carbocycles. The van der Waals surface area contributed by atoms with Gasteiger partial charge in [0.15, 0.2) is 0 Å². The predicted molar refractivity (Wildman–Crippen MR) is 163 cm³/mol. The molecule has 5 fully saturated rings. The number of sulfonamides is 1. The molecule has 13 atom stereocenters. The summed E-state index contributed by atoms with van der Waals surface area (Å²) in [6, 6.07) is 0.492. The highest BCUT2D eigenvalue weighted by molar-refractivity contribution is 7.90. The van der Waals surface area contributed by atoms with Crippen LogP contribution in [0.15, 0.2) is 0 Å². The Hall–Kier alpha value is -0.170. The van der Waals surface area contributed by atoms with Crippen LogP contribution in [-0.4, -0.2) is 72.2 Å². The zero-order valence-electron chi connectivity index (χ0n) is 26.2. The fourth-order valence-corrected chi connectivity index (χ4v) is 12.2. The van der Waals surface area contributed by atoms with Crippen LogP contribution in [0.2, 0.25) is 0 Å². The van der Waals surface area contributed by atoms with Crippen molar-refractivity contribution in [3.05, 3.63) is 0 Å². The van der Waals surface area contributed by atoms with Gasteiger partial charge >= 0.3 is 15.5 Å². The molecule has 0 aromatic heterocycles. The molecule has 4 N–H and O–H groups in total. The summed E-state index contributed by atoms with van der Waals surface area (Å²) in [5, 5.41) is 12.6. The van der Waals surface area contributed by atoms with Gasteiger partial charge in [0.05, 0.1) is 0 Å². The van der Waals surface area contributed by atoms with Crippen molar-refractivity contribution in [2.24, 2.45) is 64.9 Å². The van der Waals surface area contributed by atoms with Gasteiger partial charge in [0.2, 0.25) is 0 Å². The topological polar surface area (TPSA) is 98.9 Å². The Morgan fingerprint density at radius 2 is 1.49 bits per heavy atom. The van der Waals surface area contributed by atoms with E-state index in [1.807, 2.05) is 0 Å². The molecular weight excluding hydrogens is 601 g/mol. The van der Waals surface area contributed by atoms with E-state index in [9.17, 15) is 26.7 Å². The largest absolute Gasteiger partial charge is 0.511 e. The van der Waals surface area contributed by atoms with Crippen molar-refractivity contribution in [1.82, 2.24) is 14.7 Å².